The van der Waals surface area contributed by atoms with Gasteiger partial charge in [0.2, 0.25) is 10.0 Å². The lowest BCUT2D eigenvalue weighted by atomic mass is 9.78. The number of aryl methyl sites for hydroxylation is 2. The minimum Gasteiger partial charge on any atom is -0.511 e. The zero-order valence-corrected chi connectivity index (χ0v) is 17.8. The second-order valence-corrected chi connectivity index (χ2v) is 8.58. The average Bonchev–Trinajstić information content (AvgIpc) is 2.55. The van der Waals surface area contributed by atoms with Gasteiger partial charge >= 0.3 is 0 Å². The second-order valence-electron chi connectivity index (χ2n) is 7.08. The maximum absolute atomic E-state index is 12.8. The summed E-state index contributed by atoms with van der Waals surface area (Å²) in [6.07, 6.45) is 0.828. The number of carbonyl (C=O) groups is 1. The van der Waals surface area contributed by atoms with Gasteiger partial charge in [0.1, 0.15) is 12.4 Å². The van der Waals surface area contributed by atoms with Gasteiger partial charge in [-0.25, -0.2) is 13.6 Å². The number of rotatable bonds is 6. The zero-order chi connectivity index (χ0) is 21.2. The Morgan fingerprint density at radius 3 is 2.39 bits per heavy atom. The Labute approximate surface area is 166 Å². The normalized spacial score (nSPS) is 18.6. The Balaban J connectivity index is 2.55. The first-order chi connectivity index (χ1) is 13.0. The van der Waals surface area contributed by atoms with Crippen LogP contribution in [0.4, 0.5) is 0 Å². The molecular weight excluding hydrogens is 380 g/mol. The molecule has 2 rings (SSSR count). The molecule has 1 aliphatic rings. The van der Waals surface area contributed by atoms with Gasteiger partial charge in [-0.05, 0) is 62.3 Å². The van der Waals surface area contributed by atoms with Crippen LogP contribution in [0.3, 0.4) is 0 Å². The number of sulfonamides is 1. The molecule has 0 amide bonds. The molecule has 0 saturated carbocycles. The van der Waals surface area contributed by atoms with Crippen LogP contribution in [0.2, 0.25) is 0 Å². The first-order valence-corrected chi connectivity index (χ1v) is 10.8. The van der Waals surface area contributed by atoms with Gasteiger partial charge in [0.25, 0.3) is 0 Å². The number of oxime groups is 1. The summed E-state index contributed by atoms with van der Waals surface area (Å²) in [5.41, 5.74) is 3.35. The fraction of sp³-hybridized carbons (Fsp3) is 0.500. The number of hydrogen-bond donors (Lipinski definition) is 2. The van der Waals surface area contributed by atoms with Crippen molar-refractivity contribution >= 4 is 21.5 Å². The maximum atomic E-state index is 12.8. The highest BCUT2D eigenvalue weighted by molar-refractivity contribution is 7.89. The summed E-state index contributed by atoms with van der Waals surface area (Å²) in [4.78, 5) is 18.0. The van der Waals surface area contributed by atoms with Crippen LogP contribution in [0, 0.1) is 20.8 Å². The molecule has 1 aromatic carbocycles. The molecule has 0 heterocycles. The van der Waals surface area contributed by atoms with Gasteiger partial charge in [0, 0.05) is 12.8 Å². The molecule has 3 N–H and O–H groups in total. The summed E-state index contributed by atoms with van der Waals surface area (Å²) in [7, 11) is -3.90. The molecule has 1 aliphatic carbocycles. The molecule has 154 valence electrons. The average molecular weight is 409 g/mol. The number of carbonyl (C=O) groups excluding carboxylic acids is 1. The predicted molar refractivity (Wildman–Crippen MR) is 108 cm³/mol. The first-order valence-electron chi connectivity index (χ1n) is 9.30. The number of nitrogens with two attached hydrogens (primary N) is 1. The lowest BCUT2D eigenvalue weighted by Crippen LogP contribution is -2.25. The molecule has 0 aromatic heterocycles. The molecule has 8 heteroatoms. The largest absolute Gasteiger partial charge is 0.511 e. The molecule has 0 radical (unpaired) electrons. The summed E-state index contributed by atoms with van der Waals surface area (Å²) < 4.78 is 24.1. The molecule has 1 aromatic rings. The van der Waals surface area contributed by atoms with Crippen LogP contribution in [0.15, 0.2) is 27.4 Å². The van der Waals surface area contributed by atoms with E-state index in [2.05, 4.69) is 5.16 Å². The van der Waals surface area contributed by atoms with E-state index in [1.807, 2.05) is 13.8 Å². The van der Waals surface area contributed by atoms with E-state index in [0.29, 0.717) is 29.9 Å². The highest BCUT2D eigenvalue weighted by atomic mass is 32.2. The molecule has 0 bridgehead atoms. The number of nitrogens with zero attached hydrogens (tertiary/aromatic N) is 1. The van der Waals surface area contributed by atoms with E-state index in [1.165, 1.54) is 0 Å². The van der Waals surface area contributed by atoms with Crippen LogP contribution in [0.5, 0.6) is 0 Å². The highest BCUT2D eigenvalue weighted by Gasteiger charge is 2.34. The van der Waals surface area contributed by atoms with Crippen LogP contribution < -0.4 is 5.14 Å². The van der Waals surface area contributed by atoms with Crippen molar-refractivity contribution in [2.75, 3.05) is 6.61 Å². The van der Waals surface area contributed by atoms with Crippen LogP contribution >= 0.6 is 0 Å². The monoisotopic (exact) mass is 408 g/mol. The summed E-state index contributed by atoms with van der Waals surface area (Å²) in [6.45, 7) is 9.26. The van der Waals surface area contributed by atoms with E-state index in [9.17, 15) is 18.3 Å². The molecule has 0 spiro atoms. The van der Waals surface area contributed by atoms with Gasteiger partial charge in [-0.15, -0.1) is 0 Å². The summed E-state index contributed by atoms with van der Waals surface area (Å²) in [6, 6.07) is 1.76. The van der Waals surface area contributed by atoms with E-state index >= 15 is 0 Å². The quantitative estimate of drug-likeness (QED) is 0.553. The van der Waals surface area contributed by atoms with E-state index in [-0.39, 0.29) is 40.8 Å². The Bertz CT molecular complexity index is 961. The van der Waals surface area contributed by atoms with Gasteiger partial charge in [0.15, 0.2) is 5.78 Å². The van der Waals surface area contributed by atoms with Gasteiger partial charge in [-0.1, -0.05) is 18.1 Å². The Hall–Kier alpha value is -2.19. The number of ketones is 1. The molecule has 0 fully saturated rings. The van der Waals surface area contributed by atoms with E-state index in [4.69, 9.17) is 9.98 Å². The molecule has 7 nitrogen and oxygen atoms in total. The minimum absolute atomic E-state index is 0.0434. The zero-order valence-electron chi connectivity index (χ0n) is 17.0. The summed E-state index contributed by atoms with van der Waals surface area (Å²) >= 11 is 0. The van der Waals surface area contributed by atoms with E-state index in [1.54, 1.807) is 26.8 Å². The van der Waals surface area contributed by atoms with Crippen molar-refractivity contribution in [2.45, 2.75) is 64.7 Å². The number of primary sulfonamides is 1. The minimum atomic E-state index is -3.90. The number of benzene rings is 1. The Kier molecular flexibility index (Phi) is 6.67. The van der Waals surface area contributed by atoms with Crippen LogP contribution in [0.1, 0.15) is 61.3 Å². The number of aliphatic hydroxyl groups excluding tert-OH is 1. The van der Waals surface area contributed by atoms with Crippen molar-refractivity contribution in [3.8, 4) is 0 Å². The number of aliphatic hydroxyl groups is 1. The van der Waals surface area contributed by atoms with E-state index < -0.39 is 10.0 Å². The Morgan fingerprint density at radius 2 is 1.89 bits per heavy atom. The van der Waals surface area contributed by atoms with Crippen molar-refractivity contribution in [3.05, 3.63) is 39.7 Å². The molecular formula is C20H28N2O5S. The lowest BCUT2D eigenvalue weighted by molar-refractivity contribution is -0.116. The first kappa shape index (κ1) is 22.1. The molecule has 1 unspecified atom stereocenters. The smallest absolute Gasteiger partial charge is 0.238 e. The van der Waals surface area contributed by atoms with Crippen LogP contribution in [0.25, 0.3) is 0 Å². The predicted octanol–water partition coefficient (Wildman–Crippen LogP) is 3.32. The molecule has 0 aliphatic heterocycles. The number of hydrogen-bond acceptors (Lipinski definition) is 6. The SMILES string of the molecule is CCON=C(CC)C1=C(O)CC(c2c(C)cc(C)c(S(N)(=O)=O)c2C)CC1=O. The Morgan fingerprint density at radius 1 is 1.25 bits per heavy atom. The van der Waals surface area contributed by atoms with E-state index in [0.717, 1.165) is 11.1 Å². The van der Waals surface area contributed by atoms with Crippen molar-refractivity contribution in [1.82, 2.24) is 0 Å². The highest BCUT2D eigenvalue weighted by Crippen LogP contribution is 2.39. The third kappa shape index (κ3) is 4.28. The third-order valence-corrected chi connectivity index (χ3v) is 6.22. The van der Waals surface area contributed by atoms with Gasteiger partial charge in [-0.2, -0.15) is 0 Å². The molecule has 0 saturated heterocycles. The summed E-state index contributed by atoms with van der Waals surface area (Å²) in [5.74, 6) is -0.605. The summed E-state index contributed by atoms with van der Waals surface area (Å²) in [5, 5.41) is 20.0. The topological polar surface area (TPSA) is 119 Å². The molecule has 1 atom stereocenters. The number of allylic oxidation sites excluding steroid dienone is 2. The fourth-order valence-corrected chi connectivity index (χ4v) is 5.15. The van der Waals surface area contributed by atoms with Crippen molar-refractivity contribution < 1.29 is 23.2 Å². The second kappa shape index (κ2) is 8.45. The van der Waals surface area contributed by atoms with Crippen molar-refractivity contribution in [2.24, 2.45) is 10.3 Å². The standard InChI is InChI=1S/C20H28N2O5S/c1-6-15(22-27-7-2)19-16(23)9-14(10-17(19)24)18-11(3)8-12(4)20(13(18)5)28(21,25)26/h8,14,23H,6-7,9-10H2,1-5H3,(H2,21,25,26). The van der Waals surface area contributed by atoms with Gasteiger partial charge in [0.05, 0.1) is 16.2 Å². The van der Waals surface area contributed by atoms with Gasteiger partial charge in [-0.3, -0.25) is 4.79 Å². The maximum Gasteiger partial charge on any atom is 0.238 e. The molecule has 28 heavy (non-hydrogen) atoms. The van der Waals surface area contributed by atoms with Crippen molar-refractivity contribution in [1.29, 1.82) is 0 Å². The fourth-order valence-electron chi connectivity index (χ4n) is 4.10. The third-order valence-electron chi connectivity index (χ3n) is 5.02. The van der Waals surface area contributed by atoms with Crippen LogP contribution in [-0.4, -0.2) is 31.6 Å². The van der Waals surface area contributed by atoms with Crippen LogP contribution in [-0.2, 0) is 19.7 Å². The number of Topliss-reactive ketones (excluding diaryl/α,β-unsaturated/α-hetero) is 1. The van der Waals surface area contributed by atoms with Crippen molar-refractivity contribution in [3.63, 3.8) is 0 Å². The van der Waals surface area contributed by atoms with Gasteiger partial charge < -0.3 is 9.94 Å². The lowest BCUT2D eigenvalue weighted by Gasteiger charge is -2.28.